The molecule has 2 heterocycles. The topological polar surface area (TPSA) is 127 Å². The number of aromatic nitrogens is 1. The lowest BCUT2D eigenvalue weighted by molar-refractivity contribution is 0.0693. The first kappa shape index (κ1) is 30.4. The summed E-state index contributed by atoms with van der Waals surface area (Å²) < 4.78 is 9.67. The van der Waals surface area contributed by atoms with Crippen molar-refractivity contribution in [2.24, 2.45) is 0 Å². The highest BCUT2D eigenvalue weighted by atomic mass is 35.5. The van der Waals surface area contributed by atoms with Crippen molar-refractivity contribution in [3.63, 3.8) is 0 Å². The van der Waals surface area contributed by atoms with E-state index in [2.05, 4.69) is 24.8 Å². The summed E-state index contributed by atoms with van der Waals surface area (Å²) in [7, 11) is 0. The number of hydrogen-bond donors (Lipinski definition) is 4. The molecule has 1 aromatic carbocycles. The Morgan fingerprint density at radius 1 is 1.05 bits per heavy atom. The molecule has 1 aliphatic rings. The number of β-amino-alcohol motifs (C(OH)–C–C–N with tert-alkyl or cyclic N) is 1. The third kappa shape index (κ3) is 8.96. The van der Waals surface area contributed by atoms with Crippen LogP contribution in [0.2, 0.25) is 10.0 Å². The number of nitrogens with zero attached hydrogens (tertiary/aromatic N) is 3. The lowest BCUT2D eigenvalue weighted by atomic mass is 10.1. The fourth-order valence-electron chi connectivity index (χ4n) is 4.13. The highest BCUT2D eigenvalue weighted by Gasteiger charge is 2.24. The number of aromatic carboxylic acids is 1. The first-order valence-corrected chi connectivity index (χ1v) is 14.2. The van der Waals surface area contributed by atoms with Crippen LogP contribution in [0.15, 0.2) is 12.1 Å². The largest absolute Gasteiger partial charge is 0.477 e. The number of carboxylic acid groups (broad SMARTS) is 1. The van der Waals surface area contributed by atoms with E-state index in [1.165, 1.54) is 0 Å². The smallest absolute Gasteiger partial charge is 0.344 e. The van der Waals surface area contributed by atoms with Gasteiger partial charge in [-0.3, -0.25) is 10.2 Å². The lowest BCUT2D eigenvalue weighted by Gasteiger charge is -2.34. The molecule has 2 aromatic rings. The van der Waals surface area contributed by atoms with Crippen LogP contribution < -0.4 is 15.4 Å². The van der Waals surface area contributed by atoms with Crippen LogP contribution in [0, 0.1) is 6.92 Å². The van der Waals surface area contributed by atoms with Crippen molar-refractivity contribution < 1.29 is 24.5 Å². The third-order valence-electron chi connectivity index (χ3n) is 6.39. The van der Waals surface area contributed by atoms with Crippen molar-refractivity contribution in [1.29, 1.82) is 0 Å². The number of carbonyl (C=O) groups excluding carboxylic acids is 1. The number of nitrogens with one attached hydrogen (secondary N) is 2. The normalized spacial score (nSPS) is 14.4. The molecule has 3 rings (SSSR count). The molecule has 1 fully saturated rings. The van der Waals surface area contributed by atoms with Crippen LogP contribution in [0.25, 0.3) is 0 Å². The summed E-state index contributed by atoms with van der Waals surface area (Å²) >= 11 is 13.3. The number of amides is 2. The van der Waals surface area contributed by atoms with Crippen molar-refractivity contribution in [3.05, 3.63) is 38.9 Å². The number of aryl methyl sites for hydroxylation is 1. The Morgan fingerprint density at radius 2 is 1.74 bits per heavy atom. The van der Waals surface area contributed by atoms with E-state index in [0.29, 0.717) is 22.2 Å². The average molecular weight is 589 g/mol. The predicted molar refractivity (Wildman–Crippen MR) is 150 cm³/mol. The van der Waals surface area contributed by atoms with E-state index in [1.54, 1.807) is 12.1 Å². The minimum Gasteiger partial charge on any atom is -0.477 e. The molecule has 4 N–H and O–H groups in total. The van der Waals surface area contributed by atoms with Gasteiger partial charge in [-0.1, -0.05) is 48.2 Å². The van der Waals surface area contributed by atoms with Gasteiger partial charge in [0.2, 0.25) is 5.88 Å². The standard InChI is InChI=1S/C25H35Cl2N5O5S/c1-17-6-7-18(21(27)20(17)26)16-37-22-19(24(34)35)23(38-30-22)29-25(36)28-8-4-2-3-5-9-31-10-12-32(13-11-31)14-15-33/h6-7,33H,2-5,8-16H2,1H3,(H,34,35)(H2,28,29,36). The van der Waals surface area contributed by atoms with Gasteiger partial charge in [-0.2, -0.15) is 4.37 Å². The minimum atomic E-state index is -1.26. The monoisotopic (exact) mass is 587 g/mol. The maximum atomic E-state index is 12.3. The number of unbranched alkanes of at least 4 members (excludes halogenated alkanes) is 3. The maximum absolute atomic E-state index is 12.3. The van der Waals surface area contributed by atoms with Crippen molar-refractivity contribution >= 4 is 51.7 Å². The van der Waals surface area contributed by atoms with E-state index in [1.807, 2.05) is 6.92 Å². The zero-order valence-electron chi connectivity index (χ0n) is 21.5. The highest BCUT2D eigenvalue weighted by molar-refractivity contribution is 7.11. The molecule has 0 radical (unpaired) electrons. The van der Waals surface area contributed by atoms with Crippen LogP contribution in [0.3, 0.4) is 0 Å². The molecule has 0 bridgehead atoms. The van der Waals surface area contributed by atoms with Crippen LogP contribution in [0.4, 0.5) is 9.80 Å². The highest BCUT2D eigenvalue weighted by Crippen LogP contribution is 2.33. The van der Waals surface area contributed by atoms with Crippen LogP contribution in [-0.2, 0) is 6.61 Å². The summed E-state index contributed by atoms with van der Waals surface area (Å²) in [6.45, 7) is 8.43. The number of halogens is 2. The first-order chi connectivity index (χ1) is 18.3. The van der Waals surface area contributed by atoms with Gasteiger partial charge in [-0.05, 0) is 43.4 Å². The van der Waals surface area contributed by atoms with E-state index in [-0.39, 0.29) is 29.7 Å². The van der Waals surface area contributed by atoms with Gasteiger partial charge >= 0.3 is 12.0 Å². The van der Waals surface area contributed by atoms with Crippen LogP contribution in [-0.4, -0.2) is 88.8 Å². The molecule has 0 atom stereocenters. The molecular formula is C25H35Cl2N5O5S. The number of aliphatic hydroxyl groups excluding tert-OH is 1. The Hall–Kier alpha value is -2.15. The quantitative estimate of drug-likeness (QED) is 0.240. The van der Waals surface area contributed by atoms with E-state index in [4.69, 9.17) is 33.0 Å². The van der Waals surface area contributed by atoms with Crippen molar-refractivity contribution in [1.82, 2.24) is 19.5 Å². The second kappa shape index (κ2) is 15.4. The molecule has 1 aliphatic heterocycles. The number of piperazine rings is 1. The number of urea groups is 1. The minimum absolute atomic E-state index is 0.0194. The van der Waals surface area contributed by atoms with Gasteiger partial charge in [0.05, 0.1) is 16.7 Å². The number of carbonyl (C=O) groups is 2. The second-order valence-corrected chi connectivity index (χ2v) is 10.7. The van der Waals surface area contributed by atoms with Crippen LogP contribution >= 0.6 is 34.7 Å². The van der Waals surface area contributed by atoms with Gasteiger partial charge in [0, 0.05) is 44.8 Å². The molecule has 2 amide bonds. The molecule has 0 unspecified atom stereocenters. The molecule has 0 spiro atoms. The molecule has 0 saturated carbocycles. The number of anilines is 1. The SMILES string of the molecule is Cc1ccc(COc2nsc(NC(=O)NCCCCCCN3CCN(CCO)CC3)c2C(=O)O)c(Cl)c1Cl. The van der Waals surface area contributed by atoms with Gasteiger partial charge in [0.15, 0.2) is 5.56 Å². The first-order valence-electron chi connectivity index (χ1n) is 12.7. The molecule has 38 heavy (non-hydrogen) atoms. The summed E-state index contributed by atoms with van der Waals surface area (Å²) in [5.74, 6) is -1.35. The Labute approximate surface area is 237 Å². The maximum Gasteiger partial charge on any atom is 0.344 e. The van der Waals surface area contributed by atoms with E-state index >= 15 is 0 Å². The summed E-state index contributed by atoms with van der Waals surface area (Å²) in [5, 5.41) is 24.9. The Kier molecular flexibility index (Phi) is 12.4. The van der Waals surface area contributed by atoms with Crippen LogP contribution in [0.1, 0.15) is 47.2 Å². The fourth-order valence-corrected chi connectivity index (χ4v) is 5.31. The van der Waals surface area contributed by atoms with Gasteiger partial charge < -0.3 is 25.2 Å². The van der Waals surface area contributed by atoms with Gasteiger partial charge in [0.1, 0.15) is 11.6 Å². The second-order valence-electron chi connectivity index (χ2n) is 9.16. The zero-order chi connectivity index (χ0) is 27.5. The summed E-state index contributed by atoms with van der Waals surface area (Å²) in [4.78, 5) is 28.9. The summed E-state index contributed by atoms with van der Waals surface area (Å²) in [6, 6.07) is 3.06. The van der Waals surface area contributed by atoms with Gasteiger partial charge in [-0.15, -0.1) is 0 Å². The average Bonchev–Trinajstić information content (AvgIpc) is 3.30. The third-order valence-corrected chi connectivity index (χ3v) is 8.15. The lowest BCUT2D eigenvalue weighted by Crippen LogP contribution is -2.47. The number of aliphatic hydroxyl groups is 1. The molecule has 0 aliphatic carbocycles. The van der Waals surface area contributed by atoms with Gasteiger partial charge in [0.25, 0.3) is 0 Å². The molecule has 210 valence electrons. The van der Waals surface area contributed by atoms with E-state index in [9.17, 15) is 14.7 Å². The number of rotatable bonds is 14. The van der Waals surface area contributed by atoms with Crippen LogP contribution in [0.5, 0.6) is 5.88 Å². The molecule has 1 aromatic heterocycles. The number of benzene rings is 1. The van der Waals surface area contributed by atoms with Crippen molar-refractivity contribution in [2.45, 2.75) is 39.2 Å². The molecule has 1 saturated heterocycles. The summed E-state index contributed by atoms with van der Waals surface area (Å²) in [6.07, 6.45) is 4.02. The Morgan fingerprint density at radius 3 is 2.42 bits per heavy atom. The number of ether oxygens (including phenoxy) is 1. The van der Waals surface area contributed by atoms with Crippen molar-refractivity contribution in [2.75, 3.05) is 57.7 Å². The van der Waals surface area contributed by atoms with Gasteiger partial charge in [-0.25, -0.2) is 9.59 Å². The Balaban J connectivity index is 1.36. The predicted octanol–water partition coefficient (Wildman–Crippen LogP) is 4.33. The molecule has 10 nitrogen and oxygen atoms in total. The fraction of sp³-hybridized carbons (Fsp3) is 0.560. The molecular weight excluding hydrogens is 553 g/mol. The Bertz CT molecular complexity index is 1080. The number of hydrogen-bond acceptors (Lipinski definition) is 8. The number of carboxylic acids is 1. The van der Waals surface area contributed by atoms with E-state index < -0.39 is 12.0 Å². The zero-order valence-corrected chi connectivity index (χ0v) is 23.8. The summed E-state index contributed by atoms with van der Waals surface area (Å²) in [5.41, 5.74) is 1.21. The molecule has 13 heteroatoms. The van der Waals surface area contributed by atoms with E-state index in [0.717, 1.165) is 82.0 Å². The van der Waals surface area contributed by atoms with Crippen molar-refractivity contribution in [3.8, 4) is 5.88 Å².